The summed E-state index contributed by atoms with van der Waals surface area (Å²) in [5, 5.41) is 4.07. The van der Waals surface area contributed by atoms with Crippen molar-refractivity contribution in [2.75, 3.05) is 46.8 Å². The zero-order chi connectivity index (χ0) is 25.6. The van der Waals surface area contributed by atoms with Gasteiger partial charge in [0.2, 0.25) is 5.91 Å². The van der Waals surface area contributed by atoms with Gasteiger partial charge in [-0.15, -0.1) is 11.3 Å². The van der Waals surface area contributed by atoms with Crippen LogP contribution in [0.3, 0.4) is 0 Å². The number of fused-ring (bicyclic) bond motifs is 1. The molecule has 2 fully saturated rings. The van der Waals surface area contributed by atoms with E-state index in [-0.39, 0.29) is 30.6 Å². The molecule has 2 aliphatic rings. The van der Waals surface area contributed by atoms with E-state index in [1.165, 1.54) is 33.7 Å². The number of nitrogens with zero attached hydrogens (tertiary/aromatic N) is 4. The number of benzene rings is 1. The Morgan fingerprint density at radius 1 is 1.19 bits per heavy atom. The number of piperazine rings is 1. The Morgan fingerprint density at radius 2 is 2.00 bits per heavy atom. The highest BCUT2D eigenvalue weighted by Gasteiger charge is 2.41. The number of H-pyrrole nitrogens is 1. The molecule has 2 atom stereocenters. The van der Waals surface area contributed by atoms with Crippen LogP contribution in [-0.4, -0.2) is 97.2 Å². The highest BCUT2D eigenvalue weighted by Crippen LogP contribution is 2.32. The average Bonchev–Trinajstić information content (AvgIpc) is 3.62. The van der Waals surface area contributed by atoms with Crippen LogP contribution in [0.2, 0.25) is 5.02 Å². The molecule has 5 rings (SSSR count). The molecule has 36 heavy (non-hydrogen) atoms. The Labute approximate surface area is 218 Å². The Hall–Kier alpha value is -2.51. The summed E-state index contributed by atoms with van der Waals surface area (Å²) >= 11 is 7.39. The van der Waals surface area contributed by atoms with Crippen LogP contribution >= 0.6 is 22.9 Å². The second-order valence-corrected chi connectivity index (χ2v) is 12.6. The molecule has 0 aliphatic carbocycles. The van der Waals surface area contributed by atoms with Gasteiger partial charge >= 0.3 is 0 Å². The molecule has 2 amide bonds. The monoisotopic (exact) mass is 550 g/mol. The number of aromatic nitrogens is 2. The number of rotatable bonds is 5. The third kappa shape index (κ3) is 4.63. The van der Waals surface area contributed by atoms with Crippen molar-refractivity contribution in [1.29, 1.82) is 0 Å². The maximum absolute atomic E-state index is 13.4. The summed E-state index contributed by atoms with van der Waals surface area (Å²) in [6.07, 6.45) is 2.77. The fourth-order valence-corrected chi connectivity index (χ4v) is 7.46. The Balaban J connectivity index is 1.37. The van der Waals surface area contributed by atoms with Crippen molar-refractivity contribution >= 4 is 55.7 Å². The maximum Gasteiger partial charge on any atom is 0.283 e. The molecular weight excluding hydrogens is 524 g/mol. The van der Waals surface area contributed by atoms with Gasteiger partial charge in [-0.3, -0.25) is 9.59 Å². The molecule has 2 aromatic heterocycles. The Bertz CT molecular complexity index is 1420. The normalized spacial score (nSPS) is 21.8. The first-order chi connectivity index (χ1) is 17.2. The molecule has 2 aliphatic heterocycles. The largest absolute Gasteiger partial charge is 0.357 e. The van der Waals surface area contributed by atoms with Crippen molar-refractivity contribution in [3.8, 4) is 0 Å². The van der Waals surface area contributed by atoms with Crippen LogP contribution < -0.4 is 5.32 Å². The molecule has 0 saturated carbocycles. The van der Waals surface area contributed by atoms with Crippen LogP contribution in [0, 0.1) is 0 Å². The van der Waals surface area contributed by atoms with Gasteiger partial charge in [0, 0.05) is 66.1 Å². The third-order valence-electron chi connectivity index (χ3n) is 6.83. The van der Waals surface area contributed by atoms with E-state index in [4.69, 9.17) is 11.6 Å². The highest BCUT2D eigenvalue weighted by atomic mass is 35.5. The van der Waals surface area contributed by atoms with Gasteiger partial charge in [-0.25, -0.2) is 13.4 Å². The fraction of sp³-hybridized carbons (Fsp3) is 0.435. The lowest BCUT2D eigenvalue weighted by atomic mass is 10.1. The molecule has 1 aromatic carbocycles. The summed E-state index contributed by atoms with van der Waals surface area (Å²) in [4.78, 5) is 38.2. The average molecular weight is 551 g/mol. The minimum absolute atomic E-state index is 0.0151. The van der Waals surface area contributed by atoms with Crippen LogP contribution in [0.25, 0.3) is 10.9 Å². The summed E-state index contributed by atoms with van der Waals surface area (Å²) in [7, 11) is -0.399. The number of carbonyl (C=O) groups is 2. The predicted molar refractivity (Wildman–Crippen MR) is 138 cm³/mol. The minimum Gasteiger partial charge on any atom is -0.357 e. The first kappa shape index (κ1) is 25.2. The van der Waals surface area contributed by atoms with Gasteiger partial charge in [0.25, 0.3) is 15.9 Å². The topological polar surface area (TPSA) is 119 Å². The molecule has 2 N–H and O–H groups in total. The molecule has 0 bridgehead atoms. The van der Waals surface area contributed by atoms with Gasteiger partial charge in [-0.05, 0) is 44.3 Å². The Morgan fingerprint density at radius 3 is 2.72 bits per heavy atom. The second kappa shape index (κ2) is 9.75. The molecule has 2 unspecified atom stereocenters. The van der Waals surface area contributed by atoms with E-state index in [1.54, 1.807) is 24.4 Å². The number of hydrogen-bond acceptors (Lipinski definition) is 7. The summed E-state index contributed by atoms with van der Waals surface area (Å²) in [6.45, 7) is 1.90. The van der Waals surface area contributed by atoms with Crippen LogP contribution in [0.4, 0.5) is 0 Å². The van der Waals surface area contributed by atoms with E-state index >= 15 is 0 Å². The number of likely N-dealkylation sites (N-methyl/N-ethyl adjacent to an activating group) is 2. The number of nitrogens with one attached hydrogen (secondary N) is 2. The molecule has 0 radical (unpaired) electrons. The zero-order valence-corrected chi connectivity index (χ0v) is 22.3. The number of likely N-dealkylation sites (tertiary alicyclic amines) is 1. The molecule has 3 aromatic rings. The third-order valence-corrected chi connectivity index (χ3v) is 10.00. The number of amides is 2. The molecule has 2 saturated heterocycles. The van der Waals surface area contributed by atoms with Crippen molar-refractivity contribution in [1.82, 2.24) is 29.4 Å². The fourth-order valence-electron chi connectivity index (χ4n) is 4.83. The quantitative estimate of drug-likeness (QED) is 0.501. The summed E-state index contributed by atoms with van der Waals surface area (Å²) < 4.78 is 28.1. The van der Waals surface area contributed by atoms with E-state index in [9.17, 15) is 18.0 Å². The number of hydrogen-bond donors (Lipinski definition) is 2. The van der Waals surface area contributed by atoms with Crippen molar-refractivity contribution < 1.29 is 18.0 Å². The second-order valence-electron chi connectivity index (χ2n) is 9.17. The summed E-state index contributed by atoms with van der Waals surface area (Å²) in [5.41, 5.74) is 0.641. The molecule has 13 heteroatoms. The van der Waals surface area contributed by atoms with E-state index in [1.807, 2.05) is 0 Å². The van der Waals surface area contributed by atoms with Crippen LogP contribution in [0.1, 0.15) is 27.0 Å². The van der Waals surface area contributed by atoms with Gasteiger partial charge in [0.15, 0.2) is 5.01 Å². The standard InChI is InChI=1S/C23H27ClN6O4S2/c1-25-21(31)18-13-29(36(33,34)20-10-15-9-16(24)3-4-17(15)27-20)7-8-30(18)23(32)22-26-11-19(35-22)14-5-6-28(2)12-14/h3-4,9-11,14,18,27H,5-8,12-13H2,1-2H3,(H,25,31). The van der Waals surface area contributed by atoms with Crippen molar-refractivity contribution in [3.05, 3.63) is 45.4 Å². The Kier molecular flexibility index (Phi) is 6.81. The molecular formula is C23H27ClN6O4S2. The number of thiazole rings is 1. The smallest absolute Gasteiger partial charge is 0.283 e. The molecule has 10 nitrogen and oxygen atoms in total. The SMILES string of the molecule is CNC(=O)C1CN(S(=O)(=O)c2cc3cc(Cl)ccc3[nH]2)CCN1C(=O)c1ncc(C2CCN(C)C2)s1. The first-order valence-corrected chi connectivity index (χ1v) is 14.3. The van der Waals surface area contributed by atoms with Crippen LogP contribution in [-0.2, 0) is 14.8 Å². The number of sulfonamides is 1. The highest BCUT2D eigenvalue weighted by molar-refractivity contribution is 7.89. The van der Waals surface area contributed by atoms with Gasteiger partial charge in [-0.2, -0.15) is 4.31 Å². The molecule has 4 heterocycles. The van der Waals surface area contributed by atoms with Gasteiger partial charge < -0.3 is 20.1 Å². The van der Waals surface area contributed by atoms with Crippen molar-refractivity contribution in [3.63, 3.8) is 0 Å². The van der Waals surface area contributed by atoms with E-state index in [0.29, 0.717) is 26.9 Å². The van der Waals surface area contributed by atoms with E-state index in [0.717, 1.165) is 24.4 Å². The van der Waals surface area contributed by atoms with Gasteiger partial charge in [0.05, 0.1) is 0 Å². The van der Waals surface area contributed by atoms with Crippen molar-refractivity contribution in [2.45, 2.75) is 23.4 Å². The summed E-state index contributed by atoms with van der Waals surface area (Å²) in [6, 6.07) is 5.63. The lowest BCUT2D eigenvalue weighted by Crippen LogP contribution is -2.61. The van der Waals surface area contributed by atoms with E-state index in [2.05, 4.69) is 27.2 Å². The zero-order valence-electron chi connectivity index (χ0n) is 19.9. The van der Waals surface area contributed by atoms with Gasteiger partial charge in [0.1, 0.15) is 11.1 Å². The molecule has 0 spiro atoms. The maximum atomic E-state index is 13.4. The summed E-state index contributed by atoms with van der Waals surface area (Å²) in [5.74, 6) is -0.443. The minimum atomic E-state index is -3.94. The molecule has 192 valence electrons. The first-order valence-electron chi connectivity index (χ1n) is 11.6. The predicted octanol–water partition coefficient (Wildman–Crippen LogP) is 1.96. The lowest BCUT2D eigenvalue weighted by molar-refractivity contribution is -0.126. The van der Waals surface area contributed by atoms with E-state index < -0.39 is 22.0 Å². The number of halogens is 1. The van der Waals surface area contributed by atoms with Gasteiger partial charge in [-0.1, -0.05) is 11.6 Å². The van der Waals surface area contributed by atoms with Crippen LogP contribution in [0.5, 0.6) is 0 Å². The number of aromatic amines is 1. The van der Waals surface area contributed by atoms with Crippen molar-refractivity contribution in [2.24, 2.45) is 0 Å². The lowest BCUT2D eigenvalue weighted by Gasteiger charge is -2.39. The number of carbonyl (C=O) groups excluding carboxylic acids is 2. The van der Waals surface area contributed by atoms with Crippen LogP contribution in [0.15, 0.2) is 35.5 Å².